The van der Waals surface area contributed by atoms with Gasteiger partial charge in [-0.3, -0.25) is 4.79 Å². The van der Waals surface area contributed by atoms with Crippen molar-refractivity contribution in [1.29, 1.82) is 0 Å². The maximum Gasteiger partial charge on any atom is 0.182 e. The lowest BCUT2D eigenvalue weighted by atomic mass is 10.1. The molecule has 100 valence electrons. The fraction of sp³-hybridized carbons (Fsp3) is 0.0625. The van der Waals surface area contributed by atoms with Crippen LogP contribution in [0.5, 0.6) is 0 Å². The van der Waals surface area contributed by atoms with Gasteiger partial charge in [0, 0.05) is 32.2 Å². The van der Waals surface area contributed by atoms with Crippen molar-refractivity contribution >= 4 is 44.2 Å². The molecule has 0 saturated carbocycles. The van der Waals surface area contributed by atoms with Crippen LogP contribution in [0.1, 0.15) is 10.4 Å². The van der Waals surface area contributed by atoms with E-state index in [4.69, 9.17) is 11.6 Å². The highest BCUT2D eigenvalue weighted by atomic mass is 79.9. The zero-order chi connectivity index (χ0) is 14.1. The fourth-order valence-corrected chi connectivity index (χ4v) is 2.79. The molecule has 0 aliphatic heterocycles. The quantitative estimate of drug-likeness (QED) is 0.614. The van der Waals surface area contributed by atoms with Crippen LogP contribution in [0.15, 0.2) is 59.2 Å². The molecule has 3 rings (SSSR count). The average molecular weight is 349 g/mol. The second kappa shape index (κ2) is 5.43. The minimum absolute atomic E-state index is 0.0490. The molecule has 1 aromatic heterocycles. The van der Waals surface area contributed by atoms with E-state index in [0.29, 0.717) is 17.1 Å². The van der Waals surface area contributed by atoms with E-state index in [1.807, 2.05) is 35.0 Å². The second-order valence-corrected chi connectivity index (χ2v) is 5.93. The SMILES string of the molecule is O=C(Cn1ccc2cc(Br)ccc21)c1cccc(Cl)c1. The third-order valence-corrected chi connectivity index (χ3v) is 3.92. The Morgan fingerprint density at radius 1 is 1.15 bits per heavy atom. The van der Waals surface area contributed by atoms with Crippen molar-refractivity contribution in [3.8, 4) is 0 Å². The Labute approximate surface area is 130 Å². The van der Waals surface area contributed by atoms with Gasteiger partial charge in [-0.05, 0) is 36.4 Å². The van der Waals surface area contributed by atoms with Crippen LogP contribution in [0.3, 0.4) is 0 Å². The highest BCUT2D eigenvalue weighted by Crippen LogP contribution is 2.21. The number of Topliss-reactive ketones (excluding diaryl/α,β-unsaturated/α-hetero) is 1. The normalized spacial score (nSPS) is 10.9. The van der Waals surface area contributed by atoms with Crippen molar-refractivity contribution in [1.82, 2.24) is 4.57 Å². The van der Waals surface area contributed by atoms with Gasteiger partial charge in [0.2, 0.25) is 0 Å². The molecule has 0 unspecified atom stereocenters. The van der Waals surface area contributed by atoms with E-state index in [9.17, 15) is 4.79 Å². The van der Waals surface area contributed by atoms with E-state index in [1.165, 1.54) is 0 Å². The number of benzene rings is 2. The van der Waals surface area contributed by atoms with E-state index in [0.717, 1.165) is 15.4 Å². The molecule has 0 atom stereocenters. The highest BCUT2D eigenvalue weighted by molar-refractivity contribution is 9.10. The molecule has 0 aliphatic rings. The summed E-state index contributed by atoms with van der Waals surface area (Å²) in [6, 6.07) is 15.1. The van der Waals surface area contributed by atoms with Crippen molar-refractivity contribution in [3.05, 3.63) is 69.8 Å². The topological polar surface area (TPSA) is 22.0 Å². The number of rotatable bonds is 3. The number of hydrogen-bond acceptors (Lipinski definition) is 1. The second-order valence-electron chi connectivity index (χ2n) is 4.58. The molecular weight excluding hydrogens is 338 g/mol. The molecule has 0 aliphatic carbocycles. The first-order valence-electron chi connectivity index (χ1n) is 6.17. The largest absolute Gasteiger partial charge is 0.340 e. The lowest BCUT2D eigenvalue weighted by molar-refractivity contribution is 0.0973. The maximum absolute atomic E-state index is 12.3. The van der Waals surface area contributed by atoms with E-state index in [2.05, 4.69) is 15.9 Å². The van der Waals surface area contributed by atoms with Crippen molar-refractivity contribution in [2.75, 3.05) is 0 Å². The van der Waals surface area contributed by atoms with Crippen LogP contribution in [0.25, 0.3) is 10.9 Å². The van der Waals surface area contributed by atoms with Gasteiger partial charge in [-0.15, -0.1) is 0 Å². The summed E-state index contributed by atoms with van der Waals surface area (Å²) in [5, 5.41) is 1.69. The number of carbonyl (C=O) groups is 1. The van der Waals surface area contributed by atoms with Crippen LogP contribution in [-0.4, -0.2) is 10.4 Å². The van der Waals surface area contributed by atoms with Crippen LogP contribution in [0, 0.1) is 0 Å². The minimum atomic E-state index is 0.0490. The molecule has 1 heterocycles. The van der Waals surface area contributed by atoms with E-state index in [1.54, 1.807) is 24.3 Å². The number of halogens is 2. The van der Waals surface area contributed by atoms with Crippen LogP contribution in [0.2, 0.25) is 5.02 Å². The van der Waals surface area contributed by atoms with Gasteiger partial charge in [-0.25, -0.2) is 0 Å². The zero-order valence-corrected chi connectivity index (χ0v) is 12.9. The van der Waals surface area contributed by atoms with Crippen LogP contribution in [-0.2, 0) is 6.54 Å². The highest BCUT2D eigenvalue weighted by Gasteiger charge is 2.09. The first-order valence-corrected chi connectivity index (χ1v) is 7.34. The monoisotopic (exact) mass is 347 g/mol. The van der Waals surface area contributed by atoms with Gasteiger partial charge in [0.15, 0.2) is 5.78 Å². The lowest BCUT2D eigenvalue weighted by Crippen LogP contribution is -2.09. The lowest BCUT2D eigenvalue weighted by Gasteiger charge is -2.05. The Balaban J connectivity index is 1.91. The molecule has 0 amide bonds. The number of fused-ring (bicyclic) bond motifs is 1. The fourth-order valence-electron chi connectivity index (χ4n) is 2.22. The van der Waals surface area contributed by atoms with Crippen molar-refractivity contribution < 1.29 is 4.79 Å². The molecule has 0 N–H and O–H groups in total. The molecule has 4 heteroatoms. The maximum atomic E-state index is 12.3. The summed E-state index contributed by atoms with van der Waals surface area (Å²) in [5.41, 5.74) is 1.68. The third kappa shape index (κ3) is 2.65. The Morgan fingerprint density at radius 3 is 2.80 bits per heavy atom. The molecule has 0 bridgehead atoms. The Hall–Kier alpha value is -1.58. The van der Waals surface area contributed by atoms with Crippen molar-refractivity contribution in [3.63, 3.8) is 0 Å². The van der Waals surface area contributed by atoms with Crippen LogP contribution in [0.4, 0.5) is 0 Å². The summed E-state index contributed by atoms with van der Waals surface area (Å²) < 4.78 is 2.98. The molecular formula is C16H11BrClNO. The minimum Gasteiger partial charge on any atom is -0.340 e. The Morgan fingerprint density at radius 2 is 2.00 bits per heavy atom. The zero-order valence-electron chi connectivity index (χ0n) is 10.5. The molecule has 0 fully saturated rings. The van der Waals surface area contributed by atoms with E-state index in [-0.39, 0.29) is 5.78 Å². The summed E-state index contributed by atoms with van der Waals surface area (Å²) in [4.78, 5) is 12.3. The summed E-state index contributed by atoms with van der Waals surface area (Å²) in [5.74, 6) is 0.0490. The van der Waals surface area contributed by atoms with E-state index < -0.39 is 0 Å². The summed E-state index contributed by atoms with van der Waals surface area (Å²) in [6.07, 6.45) is 1.93. The summed E-state index contributed by atoms with van der Waals surface area (Å²) in [6.45, 7) is 0.311. The Kier molecular flexibility index (Phi) is 3.64. The van der Waals surface area contributed by atoms with Gasteiger partial charge in [0.05, 0.1) is 6.54 Å². The molecule has 0 saturated heterocycles. The predicted molar refractivity (Wildman–Crippen MR) is 85.4 cm³/mol. The molecule has 0 spiro atoms. The number of hydrogen-bond donors (Lipinski definition) is 0. The van der Waals surface area contributed by atoms with Gasteiger partial charge in [0.1, 0.15) is 0 Å². The van der Waals surface area contributed by atoms with Crippen LogP contribution < -0.4 is 0 Å². The van der Waals surface area contributed by atoms with Crippen molar-refractivity contribution in [2.24, 2.45) is 0 Å². The van der Waals surface area contributed by atoms with Gasteiger partial charge < -0.3 is 4.57 Å². The van der Waals surface area contributed by atoms with Gasteiger partial charge in [-0.1, -0.05) is 39.7 Å². The van der Waals surface area contributed by atoms with Gasteiger partial charge >= 0.3 is 0 Å². The van der Waals surface area contributed by atoms with Gasteiger partial charge in [-0.2, -0.15) is 0 Å². The number of ketones is 1. The molecule has 2 nitrogen and oxygen atoms in total. The summed E-state index contributed by atoms with van der Waals surface area (Å²) >= 11 is 9.37. The van der Waals surface area contributed by atoms with Crippen molar-refractivity contribution in [2.45, 2.75) is 6.54 Å². The van der Waals surface area contributed by atoms with Gasteiger partial charge in [0.25, 0.3) is 0 Å². The number of carbonyl (C=O) groups excluding carboxylic acids is 1. The molecule has 2 aromatic carbocycles. The van der Waals surface area contributed by atoms with Crippen LogP contribution >= 0.6 is 27.5 Å². The molecule has 0 radical (unpaired) electrons. The third-order valence-electron chi connectivity index (χ3n) is 3.19. The smallest absolute Gasteiger partial charge is 0.182 e. The molecule has 20 heavy (non-hydrogen) atoms. The molecule has 3 aromatic rings. The average Bonchev–Trinajstić information content (AvgIpc) is 2.81. The summed E-state index contributed by atoms with van der Waals surface area (Å²) in [7, 11) is 0. The van der Waals surface area contributed by atoms with E-state index >= 15 is 0 Å². The Bertz CT molecular complexity index is 794. The number of nitrogens with zero attached hydrogens (tertiary/aromatic N) is 1. The first kappa shape index (κ1) is 13.4. The predicted octanol–water partition coefficient (Wildman–Crippen LogP) is 4.94. The standard InChI is InChI=1S/C16H11BrClNO/c17-13-4-5-15-11(8-13)6-7-19(15)10-16(20)12-2-1-3-14(18)9-12/h1-9H,10H2. The first-order chi connectivity index (χ1) is 9.63. The number of aromatic nitrogens is 1.